The Morgan fingerprint density at radius 2 is 1.81 bits per heavy atom. The Hall–Kier alpha value is -3.34. The van der Waals surface area contributed by atoms with E-state index in [1.54, 1.807) is 13.1 Å². The van der Waals surface area contributed by atoms with Crippen LogP contribution in [0.2, 0.25) is 0 Å². The molecule has 1 N–H and O–H groups in total. The highest BCUT2D eigenvalue weighted by Gasteiger charge is 2.32. The number of hydrogen-bond acceptors (Lipinski definition) is 4. The van der Waals surface area contributed by atoms with Gasteiger partial charge in [-0.25, -0.2) is 9.48 Å². The lowest BCUT2D eigenvalue weighted by Crippen LogP contribution is -2.27. The van der Waals surface area contributed by atoms with Gasteiger partial charge in [0.1, 0.15) is 11.9 Å². The minimum Gasteiger partial charge on any atom is -0.463 e. The maximum Gasteiger partial charge on any atom is 0.338 e. The summed E-state index contributed by atoms with van der Waals surface area (Å²) in [4.78, 5) is 12.5. The fraction of sp³-hybridized carbons (Fsp3) is 0.143. The number of carbonyl (C=O) groups is 1. The summed E-state index contributed by atoms with van der Waals surface area (Å²) in [7, 11) is 0. The second-order valence-electron chi connectivity index (χ2n) is 6.00. The highest BCUT2D eigenvalue weighted by atomic mass is 16.5. The SMILES string of the molecule is CCOC(=O)C1=CNc2c(-c3ccccc3)cnn2[C@H]1c1ccccc1. The van der Waals surface area contributed by atoms with Gasteiger partial charge in [-0.2, -0.15) is 5.10 Å². The van der Waals surface area contributed by atoms with Crippen LogP contribution in [0.15, 0.2) is 78.6 Å². The van der Waals surface area contributed by atoms with Gasteiger partial charge in [-0.15, -0.1) is 0 Å². The second kappa shape index (κ2) is 6.88. The van der Waals surface area contributed by atoms with Crippen molar-refractivity contribution in [2.75, 3.05) is 11.9 Å². The Labute approximate surface area is 151 Å². The molecule has 0 saturated carbocycles. The third-order valence-corrected chi connectivity index (χ3v) is 4.41. The van der Waals surface area contributed by atoms with Crippen LogP contribution >= 0.6 is 0 Å². The molecule has 0 aliphatic carbocycles. The standard InChI is InChI=1S/C21H19N3O2/c1-2-26-21(25)18-13-22-20-17(15-9-5-3-6-10-15)14-23-24(20)19(18)16-11-7-4-8-12-16/h3-14,19,22H,2H2,1H3/t19-/m0/s1. The summed E-state index contributed by atoms with van der Waals surface area (Å²) in [5, 5.41) is 7.83. The number of ether oxygens (including phenoxy) is 1. The van der Waals surface area contributed by atoms with Gasteiger partial charge >= 0.3 is 5.97 Å². The molecule has 1 aromatic heterocycles. The number of fused-ring (bicyclic) bond motifs is 1. The number of hydrogen-bond donors (Lipinski definition) is 1. The molecule has 0 bridgehead atoms. The van der Waals surface area contributed by atoms with Crippen LogP contribution < -0.4 is 5.32 Å². The van der Waals surface area contributed by atoms with E-state index in [2.05, 4.69) is 10.4 Å². The van der Waals surface area contributed by atoms with E-state index in [1.807, 2.05) is 71.5 Å². The van der Waals surface area contributed by atoms with E-state index in [9.17, 15) is 4.79 Å². The van der Waals surface area contributed by atoms with Crippen LogP contribution in [0.25, 0.3) is 11.1 Å². The molecular weight excluding hydrogens is 326 g/mol. The molecular formula is C21H19N3O2. The Balaban J connectivity index is 1.83. The van der Waals surface area contributed by atoms with Crippen molar-refractivity contribution in [3.05, 3.63) is 84.2 Å². The summed E-state index contributed by atoms with van der Waals surface area (Å²) >= 11 is 0. The van der Waals surface area contributed by atoms with Crippen LogP contribution in [0.5, 0.6) is 0 Å². The lowest BCUT2D eigenvalue weighted by molar-refractivity contribution is -0.139. The molecule has 130 valence electrons. The molecule has 1 atom stereocenters. The highest BCUT2D eigenvalue weighted by molar-refractivity contribution is 5.92. The zero-order chi connectivity index (χ0) is 17.9. The van der Waals surface area contributed by atoms with E-state index >= 15 is 0 Å². The number of nitrogens with one attached hydrogen (secondary N) is 1. The Bertz CT molecular complexity index is 946. The van der Waals surface area contributed by atoms with Crippen LogP contribution in [0, 0.1) is 0 Å². The number of anilines is 1. The van der Waals surface area contributed by atoms with E-state index in [-0.39, 0.29) is 12.0 Å². The van der Waals surface area contributed by atoms with Crippen molar-refractivity contribution in [3.8, 4) is 11.1 Å². The number of rotatable bonds is 4. The number of carbonyl (C=O) groups excluding carboxylic acids is 1. The highest BCUT2D eigenvalue weighted by Crippen LogP contribution is 2.38. The Morgan fingerprint density at radius 1 is 1.12 bits per heavy atom. The summed E-state index contributed by atoms with van der Waals surface area (Å²) in [6.07, 6.45) is 3.56. The van der Waals surface area contributed by atoms with Crippen molar-refractivity contribution in [3.63, 3.8) is 0 Å². The molecule has 0 radical (unpaired) electrons. The smallest absolute Gasteiger partial charge is 0.338 e. The van der Waals surface area contributed by atoms with Gasteiger partial charge < -0.3 is 10.1 Å². The van der Waals surface area contributed by atoms with Gasteiger partial charge in [0.25, 0.3) is 0 Å². The van der Waals surface area contributed by atoms with Crippen LogP contribution in [-0.4, -0.2) is 22.4 Å². The number of benzene rings is 2. The third kappa shape index (κ3) is 2.77. The van der Waals surface area contributed by atoms with E-state index in [4.69, 9.17) is 4.74 Å². The van der Waals surface area contributed by atoms with Crippen molar-refractivity contribution < 1.29 is 9.53 Å². The molecule has 0 spiro atoms. The first-order valence-corrected chi connectivity index (χ1v) is 8.61. The van der Waals surface area contributed by atoms with Crippen molar-refractivity contribution >= 4 is 11.8 Å². The summed E-state index contributed by atoms with van der Waals surface area (Å²) in [5.41, 5.74) is 3.58. The van der Waals surface area contributed by atoms with Crippen molar-refractivity contribution in [1.29, 1.82) is 0 Å². The summed E-state index contributed by atoms with van der Waals surface area (Å²) in [6.45, 7) is 2.14. The Kier molecular flexibility index (Phi) is 4.27. The zero-order valence-electron chi connectivity index (χ0n) is 14.4. The molecule has 5 heteroatoms. The topological polar surface area (TPSA) is 56.1 Å². The van der Waals surface area contributed by atoms with Crippen molar-refractivity contribution in [1.82, 2.24) is 9.78 Å². The fourth-order valence-corrected chi connectivity index (χ4v) is 3.23. The molecule has 0 saturated heterocycles. The molecule has 5 nitrogen and oxygen atoms in total. The lowest BCUT2D eigenvalue weighted by Gasteiger charge is -2.26. The van der Waals surface area contributed by atoms with Crippen molar-refractivity contribution in [2.24, 2.45) is 0 Å². The number of nitrogens with zero attached hydrogens (tertiary/aromatic N) is 2. The van der Waals surface area contributed by atoms with Gasteiger partial charge in [-0.3, -0.25) is 0 Å². The normalized spacial score (nSPS) is 15.6. The van der Waals surface area contributed by atoms with Crippen LogP contribution in [-0.2, 0) is 9.53 Å². The molecule has 0 unspecified atom stereocenters. The zero-order valence-corrected chi connectivity index (χ0v) is 14.4. The molecule has 4 rings (SSSR count). The van der Waals surface area contributed by atoms with Crippen molar-refractivity contribution in [2.45, 2.75) is 13.0 Å². The maximum absolute atomic E-state index is 12.5. The molecule has 26 heavy (non-hydrogen) atoms. The van der Waals surface area contributed by atoms with E-state index in [0.717, 1.165) is 22.5 Å². The average molecular weight is 345 g/mol. The largest absolute Gasteiger partial charge is 0.463 e. The quantitative estimate of drug-likeness (QED) is 0.726. The summed E-state index contributed by atoms with van der Waals surface area (Å²) in [6, 6.07) is 19.6. The molecule has 2 heterocycles. The van der Waals surface area contributed by atoms with Gasteiger partial charge in [0, 0.05) is 11.8 Å². The van der Waals surface area contributed by atoms with Gasteiger partial charge in [-0.05, 0) is 18.1 Å². The van der Waals surface area contributed by atoms with E-state index < -0.39 is 0 Å². The molecule has 1 aliphatic rings. The summed E-state index contributed by atoms with van der Waals surface area (Å²) in [5.74, 6) is 0.523. The van der Waals surface area contributed by atoms with Crippen LogP contribution in [0.4, 0.5) is 5.82 Å². The van der Waals surface area contributed by atoms with E-state index in [0.29, 0.717) is 12.2 Å². The van der Waals surface area contributed by atoms with Gasteiger partial charge in [0.2, 0.25) is 0 Å². The van der Waals surface area contributed by atoms with Crippen LogP contribution in [0.3, 0.4) is 0 Å². The number of aromatic nitrogens is 2. The minimum atomic E-state index is -0.337. The monoisotopic (exact) mass is 345 g/mol. The average Bonchev–Trinajstić information content (AvgIpc) is 3.13. The first-order chi connectivity index (χ1) is 12.8. The third-order valence-electron chi connectivity index (χ3n) is 4.41. The van der Waals surface area contributed by atoms with E-state index in [1.165, 1.54) is 0 Å². The number of esters is 1. The molecule has 0 amide bonds. The van der Waals surface area contributed by atoms with Crippen LogP contribution in [0.1, 0.15) is 18.5 Å². The van der Waals surface area contributed by atoms with Gasteiger partial charge in [-0.1, -0.05) is 60.7 Å². The lowest BCUT2D eigenvalue weighted by atomic mass is 9.97. The van der Waals surface area contributed by atoms with Gasteiger partial charge in [0.05, 0.1) is 18.4 Å². The predicted molar refractivity (Wildman–Crippen MR) is 101 cm³/mol. The molecule has 0 fully saturated rings. The predicted octanol–water partition coefficient (Wildman–Crippen LogP) is 4.01. The first-order valence-electron chi connectivity index (χ1n) is 8.61. The first kappa shape index (κ1) is 16.1. The maximum atomic E-state index is 12.5. The molecule has 3 aromatic rings. The molecule has 1 aliphatic heterocycles. The van der Waals surface area contributed by atoms with Gasteiger partial charge in [0.15, 0.2) is 0 Å². The minimum absolute atomic E-state index is 0.330. The molecule has 2 aromatic carbocycles. The second-order valence-corrected chi connectivity index (χ2v) is 6.00. The Morgan fingerprint density at radius 3 is 2.50 bits per heavy atom. The fourth-order valence-electron chi connectivity index (χ4n) is 3.23. The summed E-state index contributed by atoms with van der Waals surface area (Å²) < 4.78 is 7.10.